The zero-order chi connectivity index (χ0) is 22.9. The van der Waals surface area contributed by atoms with Gasteiger partial charge in [0, 0.05) is 22.4 Å². The van der Waals surface area contributed by atoms with Gasteiger partial charge in [0.2, 0.25) is 11.1 Å². The third kappa shape index (κ3) is 4.34. The van der Waals surface area contributed by atoms with Gasteiger partial charge < -0.3 is 9.88 Å². The summed E-state index contributed by atoms with van der Waals surface area (Å²) >= 11 is 2.67. The number of aromatic nitrogens is 5. The molecule has 3 heterocycles. The molecular formula is C24H22N6OS2. The fraction of sp³-hybridized carbons (Fsp3) is 0.208. The first-order valence-corrected chi connectivity index (χ1v) is 12.4. The molecule has 33 heavy (non-hydrogen) atoms. The zero-order valence-electron chi connectivity index (χ0n) is 18.4. The lowest BCUT2D eigenvalue weighted by molar-refractivity contribution is -0.113. The molecule has 5 aromatic rings. The minimum Gasteiger partial charge on any atom is -0.321 e. The van der Waals surface area contributed by atoms with E-state index in [1.807, 2.05) is 54.8 Å². The van der Waals surface area contributed by atoms with E-state index in [2.05, 4.69) is 45.0 Å². The first kappa shape index (κ1) is 21.5. The van der Waals surface area contributed by atoms with E-state index in [0.29, 0.717) is 10.3 Å². The van der Waals surface area contributed by atoms with E-state index in [-0.39, 0.29) is 17.7 Å². The third-order valence-electron chi connectivity index (χ3n) is 5.24. The van der Waals surface area contributed by atoms with Crippen molar-refractivity contribution in [2.45, 2.75) is 32.0 Å². The molecule has 0 atom stereocenters. The molecule has 1 amide bonds. The number of amides is 1. The van der Waals surface area contributed by atoms with Gasteiger partial charge in [0.1, 0.15) is 5.52 Å². The molecule has 0 bridgehead atoms. The Hall–Kier alpha value is -3.30. The van der Waals surface area contributed by atoms with Crippen molar-refractivity contribution >= 4 is 56.2 Å². The fourth-order valence-corrected chi connectivity index (χ4v) is 5.02. The van der Waals surface area contributed by atoms with Crippen LogP contribution in [0.3, 0.4) is 0 Å². The lowest BCUT2D eigenvalue weighted by Gasteiger charge is -2.10. The topological polar surface area (TPSA) is 85.6 Å². The van der Waals surface area contributed by atoms with E-state index < -0.39 is 0 Å². The number of hydrogen-bond acceptors (Lipinski definition) is 7. The number of carbonyl (C=O) groups excluding carboxylic acids is 1. The van der Waals surface area contributed by atoms with Crippen LogP contribution in [0.15, 0.2) is 59.1 Å². The van der Waals surface area contributed by atoms with E-state index >= 15 is 0 Å². The van der Waals surface area contributed by atoms with Crippen LogP contribution in [0.25, 0.3) is 33.3 Å². The normalized spacial score (nSPS) is 11.5. The molecule has 0 aliphatic heterocycles. The molecule has 0 spiro atoms. The molecule has 166 valence electrons. The fourth-order valence-electron chi connectivity index (χ4n) is 3.70. The zero-order valence-corrected chi connectivity index (χ0v) is 20.1. The van der Waals surface area contributed by atoms with Crippen LogP contribution in [0.1, 0.15) is 25.5 Å². The van der Waals surface area contributed by atoms with Gasteiger partial charge in [0.05, 0.1) is 17.0 Å². The van der Waals surface area contributed by atoms with Gasteiger partial charge in [-0.2, -0.15) is 0 Å². The summed E-state index contributed by atoms with van der Waals surface area (Å²) in [5.41, 5.74) is 5.72. The molecule has 0 saturated heterocycles. The van der Waals surface area contributed by atoms with Gasteiger partial charge in [-0.15, -0.1) is 21.5 Å². The highest BCUT2D eigenvalue weighted by Gasteiger charge is 2.17. The van der Waals surface area contributed by atoms with Crippen LogP contribution in [0.5, 0.6) is 0 Å². The smallest absolute Gasteiger partial charge is 0.236 e. The second-order valence-electron chi connectivity index (χ2n) is 7.99. The maximum Gasteiger partial charge on any atom is 0.236 e. The van der Waals surface area contributed by atoms with Gasteiger partial charge in [-0.3, -0.25) is 4.79 Å². The standard InChI is InChI=1S/C24H22N6OS2/c1-14(2)30-19-7-5-4-6-17(19)21-22(30)27-24(29-28-21)33-13-20(31)26-23-25-18(12-32-23)16-10-8-15(3)9-11-16/h4-12,14H,13H2,1-3H3,(H,25,26,31). The molecule has 0 radical (unpaired) electrons. The van der Waals surface area contributed by atoms with E-state index in [1.54, 1.807) is 0 Å². The van der Waals surface area contributed by atoms with Crippen molar-refractivity contribution < 1.29 is 4.79 Å². The average Bonchev–Trinajstić information content (AvgIpc) is 3.40. The maximum absolute atomic E-state index is 12.5. The van der Waals surface area contributed by atoms with Crippen LogP contribution in [0.4, 0.5) is 5.13 Å². The second kappa shape index (κ2) is 8.92. The Bertz CT molecular complexity index is 1460. The number of nitrogens with zero attached hydrogens (tertiary/aromatic N) is 5. The van der Waals surface area contributed by atoms with E-state index in [4.69, 9.17) is 4.98 Å². The molecule has 0 aliphatic rings. The van der Waals surface area contributed by atoms with Gasteiger partial charge in [-0.1, -0.05) is 59.8 Å². The molecule has 0 saturated carbocycles. The number of rotatable bonds is 6. The van der Waals surface area contributed by atoms with Crippen molar-refractivity contribution in [3.63, 3.8) is 0 Å². The predicted octanol–water partition coefficient (Wildman–Crippen LogP) is 5.72. The Kier molecular flexibility index (Phi) is 5.82. The van der Waals surface area contributed by atoms with Gasteiger partial charge >= 0.3 is 0 Å². The molecule has 7 nitrogen and oxygen atoms in total. The summed E-state index contributed by atoms with van der Waals surface area (Å²) in [4.78, 5) is 21.8. The SMILES string of the molecule is Cc1ccc(-c2csc(NC(=O)CSc3nnc4c5ccccc5n(C(C)C)c4n3)n2)cc1. The van der Waals surface area contributed by atoms with Gasteiger partial charge in [-0.05, 0) is 26.8 Å². The lowest BCUT2D eigenvalue weighted by atomic mass is 10.1. The highest BCUT2D eigenvalue weighted by atomic mass is 32.2. The van der Waals surface area contributed by atoms with Crippen LogP contribution in [-0.2, 0) is 4.79 Å². The second-order valence-corrected chi connectivity index (χ2v) is 9.79. The molecule has 0 unspecified atom stereocenters. The molecule has 3 aromatic heterocycles. The summed E-state index contributed by atoms with van der Waals surface area (Å²) in [5, 5.41) is 15.6. The minimum absolute atomic E-state index is 0.155. The minimum atomic E-state index is -0.155. The van der Waals surface area contributed by atoms with Gasteiger partial charge in [0.15, 0.2) is 10.8 Å². The number of nitrogens with one attached hydrogen (secondary N) is 1. The molecule has 9 heteroatoms. The molecule has 2 aromatic carbocycles. The number of thiazole rings is 1. The van der Waals surface area contributed by atoms with Crippen molar-refractivity contribution in [1.82, 2.24) is 24.7 Å². The van der Waals surface area contributed by atoms with Gasteiger partial charge in [0.25, 0.3) is 0 Å². The Morgan fingerprint density at radius 2 is 1.88 bits per heavy atom. The van der Waals surface area contributed by atoms with E-state index in [1.165, 1.54) is 28.7 Å². The Labute approximate surface area is 199 Å². The quantitative estimate of drug-likeness (QED) is 0.317. The Morgan fingerprint density at radius 1 is 1.09 bits per heavy atom. The summed E-state index contributed by atoms with van der Waals surface area (Å²) < 4.78 is 2.16. The first-order valence-electron chi connectivity index (χ1n) is 10.6. The summed E-state index contributed by atoms with van der Waals surface area (Å²) in [7, 11) is 0. The largest absolute Gasteiger partial charge is 0.321 e. The summed E-state index contributed by atoms with van der Waals surface area (Å²) in [6.07, 6.45) is 0. The Balaban J connectivity index is 1.30. The van der Waals surface area contributed by atoms with Crippen LogP contribution >= 0.6 is 23.1 Å². The predicted molar refractivity (Wildman–Crippen MR) is 135 cm³/mol. The van der Waals surface area contributed by atoms with Crippen LogP contribution in [-0.4, -0.2) is 36.4 Å². The number of benzene rings is 2. The average molecular weight is 475 g/mol. The number of hydrogen-bond donors (Lipinski definition) is 1. The first-order chi connectivity index (χ1) is 16.0. The van der Waals surface area contributed by atoms with Crippen LogP contribution in [0, 0.1) is 6.92 Å². The number of aryl methyl sites for hydroxylation is 1. The van der Waals surface area contributed by atoms with Crippen molar-refractivity contribution in [3.05, 3.63) is 59.5 Å². The van der Waals surface area contributed by atoms with Crippen LogP contribution < -0.4 is 5.32 Å². The monoisotopic (exact) mass is 474 g/mol. The summed E-state index contributed by atoms with van der Waals surface area (Å²) in [6, 6.07) is 16.5. The summed E-state index contributed by atoms with van der Waals surface area (Å²) in [6.45, 7) is 6.29. The van der Waals surface area contributed by atoms with Crippen molar-refractivity contribution in [1.29, 1.82) is 0 Å². The number of fused-ring (bicyclic) bond motifs is 3. The highest BCUT2D eigenvalue weighted by molar-refractivity contribution is 7.99. The molecule has 1 N–H and O–H groups in total. The number of para-hydroxylation sites is 1. The number of carbonyl (C=O) groups is 1. The van der Waals surface area contributed by atoms with Crippen molar-refractivity contribution in [2.24, 2.45) is 0 Å². The van der Waals surface area contributed by atoms with Crippen molar-refractivity contribution in [3.8, 4) is 11.3 Å². The number of anilines is 1. The van der Waals surface area contributed by atoms with Crippen molar-refractivity contribution in [2.75, 3.05) is 11.1 Å². The molecular weight excluding hydrogens is 452 g/mol. The number of thioether (sulfide) groups is 1. The lowest BCUT2D eigenvalue weighted by Crippen LogP contribution is -2.14. The summed E-state index contributed by atoms with van der Waals surface area (Å²) in [5.74, 6) is 0.0204. The Morgan fingerprint density at radius 3 is 2.67 bits per heavy atom. The van der Waals surface area contributed by atoms with E-state index in [0.717, 1.165) is 33.3 Å². The highest BCUT2D eigenvalue weighted by Crippen LogP contribution is 2.30. The molecule has 0 aliphatic carbocycles. The van der Waals surface area contributed by atoms with Gasteiger partial charge in [-0.25, -0.2) is 9.97 Å². The molecule has 5 rings (SSSR count). The third-order valence-corrected chi connectivity index (χ3v) is 6.84. The van der Waals surface area contributed by atoms with E-state index in [9.17, 15) is 4.79 Å². The molecule has 0 fully saturated rings. The van der Waals surface area contributed by atoms with Crippen LogP contribution in [0.2, 0.25) is 0 Å². The maximum atomic E-state index is 12.5.